The first-order valence-corrected chi connectivity index (χ1v) is 3.74. The molecule has 2 aliphatic carbocycles. The first-order chi connectivity index (χ1) is 4.35. The Labute approximate surface area is 55.7 Å². The molecular weight excluding hydrogens is 110 g/mol. The van der Waals surface area contributed by atoms with Crippen molar-refractivity contribution in [1.82, 2.24) is 0 Å². The first kappa shape index (κ1) is 5.29. The second-order valence-corrected chi connectivity index (χ2v) is 3.59. The van der Waals surface area contributed by atoms with E-state index in [4.69, 9.17) is 5.26 Å². The molecule has 2 rings (SSSR count). The fourth-order valence-electron chi connectivity index (χ4n) is 2.16. The van der Waals surface area contributed by atoms with Gasteiger partial charge in [-0.1, -0.05) is 6.42 Å². The molecule has 0 amide bonds. The molecular formula is C8H11N. The van der Waals surface area contributed by atoms with Gasteiger partial charge in [0.1, 0.15) is 0 Å². The Balaban J connectivity index is 1.91. The summed E-state index contributed by atoms with van der Waals surface area (Å²) in [7, 11) is 0. The molecule has 1 spiro atoms. The van der Waals surface area contributed by atoms with Crippen LogP contribution in [0.3, 0.4) is 0 Å². The highest BCUT2D eigenvalue weighted by atomic mass is 14.5. The van der Waals surface area contributed by atoms with Crippen molar-refractivity contribution in [3.63, 3.8) is 0 Å². The number of nitriles is 1. The minimum Gasteiger partial charge on any atom is -0.198 e. The van der Waals surface area contributed by atoms with Gasteiger partial charge in [0, 0.05) is 5.92 Å². The molecule has 0 aliphatic heterocycles. The van der Waals surface area contributed by atoms with Gasteiger partial charge in [0.05, 0.1) is 6.07 Å². The summed E-state index contributed by atoms with van der Waals surface area (Å²) in [6.45, 7) is 0. The molecule has 9 heavy (non-hydrogen) atoms. The van der Waals surface area contributed by atoms with E-state index in [1.165, 1.54) is 32.1 Å². The zero-order valence-electron chi connectivity index (χ0n) is 5.56. The monoisotopic (exact) mass is 121 g/mol. The summed E-state index contributed by atoms with van der Waals surface area (Å²) in [4.78, 5) is 0. The van der Waals surface area contributed by atoms with Gasteiger partial charge in [-0.25, -0.2) is 0 Å². The van der Waals surface area contributed by atoms with Gasteiger partial charge in [0.15, 0.2) is 0 Å². The van der Waals surface area contributed by atoms with Crippen LogP contribution in [0.2, 0.25) is 0 Å². The van der Waals surface area contributed by atoms with E-state index in [2.05, 4.69) is 6.07 Å². The van der Waals surface area contributed by atoms with E-state index in [0.717, 1.165) is 0 Å². The van der Waals surface area contributed by atoms with E-state index >= 15 is 0 Å². The van der Waals surface area contributed by atoms with Crippen molar-refractivity contribution in [1.29, 1.82) is 5.26 Å². The number of hydrogen-bond acceptors (Lipinski definition) is 1. The van der Waals surface area contributed by atoms with Crippen LogP contribution in [-0.4, -0.2) is 0 Å². The van der Waals surface area contributed by atoms with Gasteiger partial charge in [0.2, 0.25) is 0 Å². The van der Waals surface area contributed by atoms with Gasteiger partial charge in [-0.05, 0) is 31.1 Å². The lowest BCUT2D eigenvalue weighted by atomic mass is 9.52. The third-order valence-corrected chi connectivity index (χ3v) is 2.96. The Morgan fingerprint density at radius 2 is 2.00 bits per heavy atom. The fourth-order valence-corrected chi connectivity index (χ4v) is 2.16. The zero-order chi connectivity index (χ0) is 6.32. The van der Waals surface area contributed by atoms with E-state index in [9.17, 15) is 0 Å². The maximum absolute atomic E-state index is 8.49. The zero-order valence-corrected chi connectivity index (χ0v) is 5.56. The van der Waals surface area contributed by atoms with Crippen LogP contribution in [0.1, 0.15) is 32.1 Å². The molecule has 0 atom stereocenters. The molecule has 0 radical (unpaired) electrons. The van der Waals surface area contributed by atoms with Gasteiger partial charge >= 0.3 is 0 Å². The second-order valence-electron chi connectivity index (χ2n) is 3.59. The molecule has 0 saturated heterocycles. The normalized spacial score (nSPS) is 30.6. The highest BCUT2D eigenvalue weighted by Crippen LogP contribution is 2.58. The van der Waals surface area contributed by atoms with Crippen LogP contribution in [0.5, 0.6) is 0 Å². The SMILES string of the molecule is N#CC1CC2(CCC2)C1. The van der Waals surface area contributed by atoms with Crippen molar-refractivity contribution >= 4 is 0 Å². The molecule has 0 aromatic carbocycles. The topological polar surface area (TPSA) is 23.8 Å². The standard InChI is InChI=1S/C8H11N/c9-6-7-4-8(5-7)2-1-3-8/h7H,1-5H2. The number of rotatable bonds is 0. The van der Waals surface area contributed by atoms with Crippen molar-refractivity contribution < 1.29 is 0 Å². The average molecular weight is 121 g/mol. The molecule has 2 saturated carbocycles. The van der Waals surface area contributed by atoms with E-state index in [-0.39, 0.29) is 0 Å². The van der Waals surface area contributed by atoms with Crippen molar-refractivity contribution in [2.24, 2.45) is 11.3 Å². The average Bonchev–Trinajstić information content (AvgIpc) is 1.59. The molecule has 0 heterocycles. The van der Waals surface area contributed by atoms with E-state index in [0.29, 0.717) is 11.3 Å². The van der Waals surface area contributed by atoms with Crippen LogP contribution >= 0.6 is 0 Å². The quantitative estimate of drug-likeness (QED) is 0.481. The molecule has 0 aromatic rings. The lowest BCUT2D eigenvalue weighted by Crippen LogP contribution is -2.41. The predicted molar refractivity (Wildman–Crippen MR) is 34.6 cm³/mol. The van der Waals surface area contributed by atoms with E-state index in [1.54, 1.807) is 0 Å². The lowest BCUT2D eigenvalue weighted by Gasteiger charge is -2.52. The molecule has 2 fully saturated rings. The second kappa shape index (κ2) is 1.50. The molecule has 0 N–H and O–H groups in total. The van der Waals surface area contributed by atoms with E-state index in [1.807, 2.05) is 0 Å². The van der Waals surface area contributed by atoms with Gasteiger partial charge in [-0.15, -0.1) is 0 Å². The Hall–Kier alpha value is -0.510. The smallest absolute Gasteiger partial charge is 0.0656 e. The molecule has 0 bridgehead atoms. The molecule has 1 nitrogen and oxygen atoms in total. The summed E-state index contributed by atoms with van der Waals surface area (Å²) < 4.78 is 0. The Bertz CT molecular complexity index is 154. The minimum absolute atomic E-state index is 0.422. The van der Waals surface area contributed by atoms with Crippen LogP contribution in [0.15, 0.2) is 0 Å². The predicted octanol–water partition coefficient (Wildman–Crippen LogP) is 2.09. The summed E-state index contributed by atoms with van der Waals surface area (Å²) in [5.41, 5.74) is 0.695. The largest absolute Gasteiger partial charge is 0.198 e. The lowest BCUT2D eigenvalue weighted by molar-refractivity contribution is -0.00107. The summed E-state index contributed by atoms with van der Waals surface area (Å²) in [6, 6.07) is 2.32. The van der Waals surface area contributed by atoms with Gasteiger partial charge in [-0.3, -0.25) is 0 Å². The minimum atomic E-state index is 0.422. The number of hydrogen-bond donors (Lipinski definition) is 0. The molecule has 0 aromatic heterocycles. The van der Waals surface area contributed by atoms with Crippen LogP contribution in [0, 0.1) is 22.7 Å². The van der Waals surface area contributed by atoms with Gasteiger partial charge < -0.3 is 0 Å². The van der Waals surface area contributed by atoms with Gasteiger partial charge in [0.25, 0.3) is 0 Å². The molecule has 48 valence electrons. The summed E-state index contributed by atoms with van der Waals surface area (Å²) in [5, 5.41) is 8.49. The Morgan fingerprint density at radius 1 is 1.33 bits per heavy atom. The Kier molecular flexibility index (Phi) is 0.883. The maximum atomic E-state index is 8.49. The number of nitrogens with zero attached hydrogens (tertiary/aromatic N) is 1. The third-order valence-electron chi connectivity index (χ3n) is 2.96. The van der Waals surface area contributed by atoms with Crippen LogP contribution in [0.4, 0.5) is 0 Å². The highest BCUT2D eigenvalue weighted by molar-refractivity contribution is 5.05. The van der Waals surface area contributed by atoms with Crippen molar-refractivity contribution in [2.45, 2.75) is 32.1 Å². The van der Waals surface area contributed by atoms with Crippen molar-refractivity contribution in [2.75, 3.05) is 0 Å². The maximum Gasteiger partial charge on any atom is 0.0656 e. The summed E-state index contributed by atoms with van der Waals surface area (Å²) >= 11 is 0. The van der Waals surface area contributed by atoms with Gasteiger partial charge in [-0.2, -0.15) is 5.26 Å². The van der Waals surface area contributed by atoms with Crippen LogP contribution in [-0.2, 0) is 0 Å². The van der Waals surface area contributed by atoms with Crippen molar-refractivity contribution in [3.05, 3.63) is 0 Å². The fraction of sp³-hybridized carbons (Fsp3) is 0.875. The van der Waals surface area contributed by atoms with Crippen molar-refractivity contribution in [3.8, 4) is 6.07 Å². The molecule has 2 aliphatic rings. The third kappa shape index (κ3) is 0.594. The first-order valence-electron chi connectivity index (χ1n) is 3.74. The summed E-state index contributed by atoms with van der Waals surface area (Å²) in [6.07, 6.45) is 6.65. The summed E-state index contributed by atoms with van der Waals surface area (Å²) in [5.74, 6) is 0.422. The van der Waals surface area contributed by atoms with Crippen LogP contribution < -0.4 is 0 Å². The molecule has 1 heteroatoms. The van der Waals surface area contributed by atoms with Crippen LogP contribution in [0.25, 0.3) is 0 Å². The molecule has 0 unspecified atom stereocenters. The highest BCUT2D eigenvalue weighted by Gasteiger charge is 2.47. The van der Waals surface area contributed by atoms with E-state index < -0.39 is 0 Å². The Morgan fingerprint density at radius 3 is 2.33 bits per heavy atom.